The van der Waals surface area contributed by atoms with Crippen molar-refractivity contribution in [2.45, 2.75) is 38.5 Å². The Labute approximate surface area is 174 Å². The summed E-state index contributed by atoms with van der Waals surface area (Å²) in [6.07, 6.45) is -6.31. The quantitative estimate of drug-likeness (QED) is 0.516. The minimum absolute atomic E-state index is 0.167. The van der Waals surface area contributed by atoms with Gasteiger partial charge in [-0.15, -0.1) is 0 Å². The number of nitrogens with one attached hydrogen (secondary N) is 1. The van der Waals surface area contributed by atoms with Gasteiger partial charge in [0, 0.05) is 11.6 Å². The van der Waals surface area contributed by atoms with E-state index in [0.717, 1.165) is 12.1 Å². The van der Waals surface area contributed by atoms with Crippen molar-refractivity contribution in [3.05, 3.63) is 53.2 Å². The molecular formula is C19H19F3N2O7. The summed E-state index contributed by atoms with van der Waals surface area (Å²) in [4.78, 5) is 26.1. The van der Waals surface area contributed by atoms with E-state index < -0.39 is 46.9 Å². The third-order valence-corrected chi connectivity index (χ3v) is 3.47. The molecule has 0 aliphatic carbocycles. The van der Waals surface area contributed by atoms with Crippen LogP contribution in [0.15, 0.2) is 36.4 Å². The predicted octanol–water partition coefficient (Wildman–Crippen LogP) is 3.21. The van der Waals surface area contributed by atoms with Crippen molar-refractivity contribution < 1.29 is 47.6 Å². The SMILES string of the molecule is CC(C)(C)OC(=O)NC(O)(O)c1cc(Oc2cccc(C(=O)O)c2)nc(C(F)(F)F)c1. The van der Waals surface area contributed by atoms with Crippen LogP contribution in [-0.4, -0.2) is 38.0 Å². The third-order valence-electron chi connectivity index (χ3n) is 3.47. The number of aromatic carboxylic acids is 1. The molecule has 4 N–H and O–H groups in total. The number of ether oxygens (including phenoxy) is 2. The summed E-state index contributed by atoms with van der Waals surface area (Å²) >= 11 is 0. The highest BCUT2D eigenvalue weighted by molar-refractivity contribution is 5.88. The van der Waals surface area contributed by atoms with Crippen LogP contribution in [0.5, 0.6) is 11.6 Å². The van der Waals surface area contributed by atoms with E-state index in [1.165, 1.54) is 39.0 Å². The summed E-state index contributed by atoms with van der Waals surface area (Å²) in [6.45, 7) is 4.48. The van der Waals surface area contributed by atoms with Crippen molar-refractivity contribution in [1.29, 1.82) is 0 Å². The van der Waals surface area contributed by atoms with Crippen LogP contribution in [0.2, 0.25) is 0 Å². The average molecular weight is 444 g/mol. The van der Waals surface area contributed by atoms with Crippen molar-refractivity contribution in [2.24, 2.45) is 0 Å². The van der Waals surface area contributed by atoms with E-state index in [0.29, 0.717) is 6.07 Å². The van der Waals surface area contributed by atoms with Gasteiger partial charge < -0.3 is 24.8 Å². The van der Waals surface area contributed by atoms with Crippen LogP contribution in [-0.2, 0) is 16.8 Å². The Kier molecular flexibility index (Phi) is 6.47. The number of carbonyl (C=O) groups excluding carboxylic acids is 1. The minimum Gasteiger partial charge on any atom is -0.478 e. The van der Waals surface area contributed by atoms with Crippen LogP contribution >= 0.6 is 0 Å². The van der Waals surface area contributed by atoms with Gasteiger partial charge in [-0.2, -0.15) is 13.2 Å². The van der Waals surface area contributed by atoms with E-state index >= 15 is 0 Å². The topological polar surface area (TPSA) is 138 Å². The van der Waals surface area contributed by atoms with Gasteiger partial charge in [0.2, 0.25) is 5.88 Å². The van der Waals surface area contributed by atoms with Crippen LogP contribution in [0.3, 0.4) is 0 Å². The average Bonchev–Trinajstić information content (AvgIpc) is 2.58. The van der Waals surface area contributed by atoms with E-state index in [2.05, 4.69) is 4.98 Å². The second kappa shape index (κ2) is 8.40. The summed E-state index contributed by atoms with van der Waals surface area (Å²) in [7, 11) is 0. The number of alkyl carbamates (subject to hydrolysis) is 1. The highest BCUT2D eigenvalue weighted by Crippen LogP contribution is 2.33. The lowest BCUT2D eigenvalue weighted by molar-refractivity contribution is -0.190. The first kappa shape index (κ1) is 23.9. The van der Waals surface area contributed by atoms with E-state index in [9.17, 15) is 33.0 Å². The van der Waals surface area contributed by atoms with Gasteiger partial charge in [0.25, 0.3) is 5.91 Å². The number of amides is 1. The Bertz CT molecular complexity index is 985. The van der Waals surface area contributed by atoms with Gasteiger partial charge in [-0.1, -0.05) is 6.07 Å². The normalized spacial score (nSPS) is 12.3. The smallest absolute Gasteiger partial charge is 0.433 e. The Balaban J connectivity index is 2.43. The van der Waals surface area contributed by atoms with Gasteiger partial charge >= 0.3 is 18.2 Å². The molecule has 0 saturated carbocycles. The van der Waals surface area contributed by atoms with Crippen LogP contribution in [0, 0.1) is 0 Å². The number of pyridine rings is 1. The maximum atomic E-state index is 13.3. The number of nitrogens with zero attached hydrogens (tertiary/aromatic N) is 1. The van der Waals surface area contributed by atoms with Crippen LogP contribution in [0.4, 0.5) is 18.0 Å². The zero-order valence-electron chi connectivity index (χ0n) is 16.5. The molecule has 0 aliphatic rings. The molecule has 9 nitrogen and oxygen atoms in total. The molecule has 0 fully saturated rings. The summed E-state index contributed by atoms with van der Waals surface area (Å²) in [5.41, 5.74) is -3.59. The number of carboxylic acid groups (broad SMARTS) is 1. The molecule has 0 radical (unpaired) electrons. The molecule has 31 heavy (non-hydrogen) atoms. The zero-order valence-corrected chi connectivity index (χ0v) is 16.5. The van der Waals surface area contributed by atoms with Gasteiger partial charge in [-0.3, -0.25) is 5.32 Å². The molecule has 0 unspecified atom stereocenters. The van der Waals surface area contributed by atoms with E-state index in [-0.39, 0.29) is 11.3 Å². The maximum Gasteiger partial charge on any atom is 0.433 e. The molecular weight excluding hydrogens is 425 g/mol. The monoisotopic (exact) mass is 444 g/mol. The number of hydrogen-bond donors (Lipinski definition) is 4. The van der Waals surface area contributed by atoms with Crippen molar-refractivity contribution in [3.8, 4) is 11.6 Å². The molecule has 1 heterocycles. The van der Waals surface area contributed by atoms with Gasteiger partial charge in [0.1, 0.15) is 17.0 Å². The largest absolute Gasteiger partial charge is 0.478 e. The fourth-order valence-electron chi connectivity index (χ4n) is 2.24. The van der Waals surface area contributed by atoms with Gasteiger partial charge in [-0.05, 0) is 45.0 Å². The van der Waals surface area contributed by atoms with Gasteiger partial charge in [0.15, 0.2) is 0 Å². The molecule has 0 atom stereocenters. The molecule has 168 valence electrons. The number of aromatic nitrogens is 1. The number of alkyl halides is 3. The molecule has 2 aromatic rings. The highest BCUT2D eigenvalue weighted by Gasteiger charge is 2.38. The van der Waals surface area contributed by atoms with E-state index in [1.54, 1.807) is 5.32 Å². The lowest BCUT2D eigenvalue weighted by Crippen LogP contribution is -2.47. The van der Waals surface area contributed by atoms with E-state index in [4.69, 9.17) is 14.6 Å². The lowest BCUT2D eigenvalue weighted by atomic mass is 10.1. The molecule has 1 amide bonds. The molecule has 0 aliphatic heterocycles. The Morgan fingerprint density at radius 2 is 1.71 bits per heavy atom. The third kappa shape index (κ3) is 6.83. The lowest BCUT2D eigenvalue weighted by Gasteiger charge is -2.27. The Hall–Kier alpha value is -3.38. The number of hydrogen-bond acceptors (Lipinski definition) is 7. The maximum absolute atomic E-state index is 13.3. The zero-order chi connectivity index (χ0) is 23.6. The molecule has 1 aromatic carbocycles. The Morgan fingerprint density at radius 3 is 2.26 bits per heavy atom. The van der Waals surface area contributed by atoms with Crippen LogP contribution in [0.1, 0.15) is 42.4 Å². The van der Waals surface area contributed by atoms with Gasteiger partial charge in [-0.25, -0.2) is 14.6 Å². The number of carboxylic acids is 1. The molecule has 1 aromatic heterocycles. The summed E-state index contributed by atoms with van der Waals surface area (Å²) in [5.74, 6) is -5.47. The van der Waals surface area contributed by atoms with E-state index in [1.807, 2.05) is 0 Å². The standard InChI is InChI=1S/C19H19F3N2O7/c1-17(2,3)31-16(27)24-19(28,29)11-8-13(18(20,21)22)23-14(9-11)30-12-6-4-5-10(7-12)15(25)26/h4-9,28-29H,1-3H3,(H,24,27)(H,25,26). The first-order valence-electron chi connectivity index (χ1n) is 8.64. The second-order valence-electron chi connectivity index (χ2n) is 7.31. The number of halogens is 3. The van der Waals surface area contributed by atoms with Crippen molar-refractivity contribution in [1.82, 2.24) is 10.3 Å². The molecule has 12 heteroatoms. The fraction of sp³-hybridized carbons (Fsp3) is 0.316. The molecule has 0 spiro atoms. The first-order chi connectivity index (χ1) is 14.1. The summed E-state index contributed by atoms with van der Waals surface area (Å²) < 4.78 is 49.8. The van der Waals surface area contributed by atoms with Gasteiger partial charge in [0.05, 0.1) is 5.56 Å². The minimum atomic E-state index is -5.00. The Morgan fingerprint density at radius 1 is 1.06 bits per heavy atom. The van der Waals surface area contributed by atoms with Crippen molar-refractivity contribution >= 4 is 12.1 Å². The van der Waals surface area contributed by atoms with Crippen LogP contribution in [0.25, 0.3) is 0 Å². The number of rotatable bonds is 5. The molecule has 0 bridgehead atoms. The van der Waals surface area contributed by atoms with Crippen LogP contribution < -0.4 is 10.1 Å². The molecule has 0 saturated heterocycles. The highest BCUT2D eigenvalue weighted by atomic mass is 19.4. The summed E-state index contributed by atoms with van der Waals surface area (Å²) in [5, 5.41) is 31.0. The first-order valence-corrected chi connectivity index (χ1v) is 8.64. The number of aliphatic hydroxyl groups is 2. The van der Waals surface area contributed by atoms with Crippen molar-refractivity contribution in [3.63, 3.8) is 0 Å². The fourth-order valence-corrected chi connectivity index (χ4v) is 2.24. The predicted molar refractivity (Wildman–Crippen MR) is 98.2 cm³/mol. The van der Waals surface area contributed by atoms with Crippen molar-refractivity contribution in [2.75, 3.05) is 0 Å². The molecule has 2 rings (SSSR count). The summed E-state index contributed by atoms with van der Waals surface area (Å²) in [6, 6.07) is 5.86. The number of carbonyl (C=O) groups is 2. The number of benzene rings is 1. The second-order valence-corrected chi connectivity index (χ2v) is 7.31.